The van der Waals surface area contributed by atoms with E-state index in [9.17, 15) is 9.18 Å². The smallest absolute Gasteiger partial charge is 0.246 e. The van der Waals surface area contributed by atoms with E-state index in [1.807, 2.05) is 18.7 Å². The molecule has 0 N–H and O–H groups in total. The van der Waals surface area contributed by atoms with E-state index in [4.69, 9.17) is 4.52 Å². The summed E-state index contributed by atoms with van der Waals surface area (Å²) in [5, 5.41) is 3.89. The van der Waals surface area contributed by atoms with Crippen LogP contribution in [0.1, 0.15) is 32.6 Å². The molecule has 1 aromatic heterocycles. The fourth-order valence-corrected chi connectivity index (χ4v) is 3.11. The lowest BCUT2D eigenvalue weighted by Crippen LogP contribution is -2.39. The second-order valence-electron chi connectivity index (χ2n) is 6.71. The van der Waals surface area contributed by atoms with Crippen LogP contribution >= 0.6 is 0 Å². The Balaban J connectivity index is 1.66. The van der Waals surface area contributed by atoms with Gasteiger partial charge < -0.3 is 9.42 Å². The number of hydrogen-bond acceptors (Lipinski definition) is 4. The van der Waals surface area contributed by atoms with E-state index in [2.05, 4.69) is 10.1 Å². The minimum atomic E-state index is -0.369. The first-order chi connectivity index (χ1) is 12.0. The van der Waals surface area contributed by atoms with Crippen LogP contribution in [-0.4, -0.2) is 34.0 Å². The van der Waals surface area contributed by atoms with E-state index >= 15 is 0 Å². The Kier molecular flexibility index (Phi) is 5.26. The normalized spacial score (nSPS) is 17.4. The van der Waals surface area contributed by atoms with E-state index in [1.165, 1.54) is 6.07 Å². The van der Waals surface area contributed by atoms with Gasteiger partial charge in [0.25, 0.3) is 0 Å². The molecule has 0 radical (unpaired) electrons. The van der Waals surface area contributed by atoms with Gasteiger partial charge in [0.1, 0.15) is 5.82 Å². The molecule has 6 heteroatoms. The third-order valence-corrected chi connectivity index (χ3v) is 4.29. The summed E-state index contributed by atoms with van der Waals surface area (Å²) in [5.74, 6) is 0.714. The Labute approximate surface area is 146 Å². The summed E-state index contributed by atoms with van der Waals surface area (Å²) in [7, 11) is 0. The van der Waals surface area contributed by atoms with Gasteiger partial charge in [0.15, 0.2) is 0 Å². The zero-order valence-corrected chi connectivity index (χ0v) is 14.5. The lowest BCUT2D eigenvalue weighted by atomic mass is 9.94. The number of nitrogens with zero attached hydrogens (tertiary/aromatic N) is 3. The molecule has 132 valence electrons. The van der Waals surface area contributed by atoms with Crippen LogP contribution in [0.15, 0.2) is 40.4 Å². The molecule has 1 aliphatic heterocycles. The second kappa shape index (κ2) is 7.59. The van der Waals surface area contributed by atoms with Crippen molar-refractivity contribution in [2.75, 3.05) is 13.1 Å². The maximum absolute atomic E-state index is 13.8. The van der Waals surface area contributed by atoms with Crippen molar-refractivity contribution in [1.82, 2.24) is 15.0 Å². The molecule has 0 bridgehead atoms. The molecular formula is C19H22FN3O2. The third-order valence-electron chi connectivity index (χ3n) is 4.29. The Hall–Kier alpha value is -2.50. The molecule has 1 aromatic carbocycles. The topological polar surface area (TPSA) is 59.2 Å². The van der Waals surface area contributed by atoms with Crippen LogP contribution in [0.25, 0.3) is 11.4 Å². The van der Waals surface area contributed by atoms with Gasteiger partial charge in [0, 0.05) is 25.6 Å². The molecule has 2 aromatic rings. The van der Waals surface area contributed by atoms with Gasteiger partial charge in [-0.05, 0) is 44.7 Å². The molecule has 0 aliphatic carbocycles. The highest BCUT2D eigenvalue weighted by Gasteiger charge is 2.25. The summed E-state index contributed by atoms with van der Waals surface area (Å²) < 4.78 is 19.1. The SMILES string of the molecule is CC(C)=CC(=O)N1CCCC(Cc2nc(-c3ccccc3F)no2)C1. The molecule has 1 fully saturated rings. The van der Waals surface area contributed by atoms with Crippen molar-refractivity contribution in [1.29, 1.82) is 0 Å². The number of amides is 1. The third kappa shape index (κ3) is 4.32. The number of carbonyl (C=O) groups excluding carboxylic acids is 1. The molecule has 1 atom stereocenters. The first kappa shape index (κ1) is 17.3. The Morgan fingerprint density at radius 2 is 2.20 bits per heavy atom. The van der Waals surface area contributed by atoms with Crippen molar-refractivity contribution >= 4 is 5.91 Å². The first-order valence-electron chi connectivity index (χ1n) is 8.54. The van der Waals surface area contributed by atoms with Crippen molar-refractivity contribution in [2.24, 2.45) is 5.92 Å². The predicted molar refractivity (Wildman–Crippen MR) is 92.1 cm³/mol. The van der Waals surface area contributed by atoms with E-state index in [0.29, 0.717) is 24.4 Å². The molecule has 1 aliphatic rings. The highest BCUT2D eigenvalue weighted by Crippen LogP contribution is 2.23. The van der Waals surface area contributed by atoms with Crippen LogP contribution in [0.4, 0.5) is 4.39 Å². The molecule has 25 heavy (non-hydrogen) atoms. The summed E-state index contributed by atoms with van der Waals surface area (Å²) in [5.41, 5.74) is 1.33. The average molecular weight is 343 g/mol. The van der Waals surface area contributed by atoms with Crippen LogP contribution in [-0.2, 0) is 11.2 Å². The Morgan fingerprint density at radius 3 is 2.96 bits per heavy atom. The number of benzene rings is 1. The van der Waals surface area contributed by atoms with Crippen LogP contribution in [0, 0.1) is 11.7 Å². The van der Waals surface area contributed by atoms with Crippen molar-refractivity contribution in [3.8, 4) is 11.4 Å². The molecule has 1 saturated heterocycles. The van der Waals surface area contributed by atoms with E-state index in [0.717, 1.165) is 25.0 Å². The molecule has 0 spiro atoms. The van der Waals surface area contributed by atoms with Gasteiger partial charge in [-0.2, -0.15) is 4.98 Å². The lowest BCUT2D eigenvalue weighted by Gasteiger charge is -2.31. The number of carbonyl (C=O) groups is 1. The fourth-order valence-electron chi connectivity index (χ4n) is 3.11. The molecule has 2 heterocycles. The molecular weight excluding hydrogens is 321 g/mol. The second-order valence-corrected chi connectivity index (χ2v) is 6.71. The maximum atomic E-state index is 13.8. The maximum Gasteiger partial charge on any atom is 0.246 e. The Bertz CT molecular complexity index is 780. The van der Waals surface area contributed by atoms with Crippen LogP contribution in [0.5, 0.6) is 0 Å². The van der Waals surface area contributed by atoms with Crippen molar-refractivity contribution in [2.45, 2.75) is 33.1 Å². The number of aromatic nitrogens is 2. The van der Waals surface area contributed by atoms with Crippen molar-refractivity contribution in [3.05, 3.63) is 47.6 Å². The predicted octanol–water partition coefficient (Wildman–Crippen LogP) is 3.62. The van der Waals surface area contributed by atoms with Crippen LogP contribution in [0.3, 0.4) is 0 Å². The standard InChI is InChI=1S/C19H22FN3O2/c1-13(2)10-18(24)23-9-5-6-14(12-23)11-17-21-19(22-25-17)15-7-3-4-8-16(15)20/h3-4,7-8,10,14H,5-6,9,11-12H2,1-2H3. The van der Waals surface area contributed by atoms with Gasteiger partial charge in [-0.3, -0.25) is 4.79 Å². The average Bonchev–Trinajstić information content (AvgIpc) is 3.03. The number of piperidine rings is 1. The number of halogens is 1. The van der Waals surface area contributed by atoms with E-state index in [1.54, 1.807) is 24.3 Å². The zero-order valence-electron chi connectivity index (χ0n) is 14.5. The number of likely N-dealkylation sites (tertiary alicyclic amines) is 1. The summed E-state index contributed by atoms with van der Waals surface area (Å²) in [4.78, 5) is 18.4. The Morgan fingerprint density at radius 1 is 1.40 bits per heavy atom. The first-order valence-corrected chi connectivity index (χ1v) is 8.54. The molecule has 5 nitrogen and oxygen atoms in total. The van der Waals surface area contributed by atoms with Gasteiger partial charge in [-0.25, -0.2) is 4.39 Å². The molecule has 1 unspecified atom stereocenters. The summed E-state index contributed by atoms with van der Waals surface area (Å²) in [6.45, 7) is 5.30. The van der Waals surface area contributed by atoms with Crippen LogP contribution in [0.2, 0.25) is 0 Å². The van der Waals surface area contributed by atoms with Gasteiger partial charge in [0.05, 0.1) is 5.56 Å². The van der Waals surface area contributed by atoms with Gasteiger partial charge in [0.2, 0.25) is 17.6 Å². The lowest BCUT2D eigenvalue weighted by molar-refractivity contribution is -0.127. The van der Waals surface area contributed by atoms with Gasteiger partial charge >= 0.3 is 0 Å². The van der Waals surface area contributed by atoms with Gasteiger partial charge in [-0.1, -0.05) is 22.9 Å². The summed E-state index contributed by atoms with van der Waals surface area (Å²) >= 11 is 0. The van der Waals surface area contributed by atoms with Gasteiger partial charge in [-0.15, -0.1) is 0 Å². The highest BCUT2D eigenvalue weighted by molar-refractivity contribution is 5.88. The van der Waals surface area contributed by atoms with Crippen molar-refractivity contribution < 1.29 is 13.7 Å². The largest absolute Gasteiger partial charge is 0.339 e. The highest BCUT2D eigenvalue weighted by atomic mass is 19.1. The molecule has 0 saturated carbocycles. The number of allylic oxidation sites excluding steroid dienone is 1. The number of hydrogen-bond donors (Lipinski definition) is 0. The monoisotopic (exact) mass is 343 g/mol. The van der Waals surface area contributed by atoms with E-state index in [-0.39, 0.29) is 23.5 Å². The zero-order chi connectivity index (χ0) is 17.8. The minimum Gasteiger partial charge on any atom is -0.339 e. The quantitative estimate of drug-likeness (QED) is 0.796. The number of rotatable bonds is 4. The fraction of sp³-hybridized carbons (Fsp3) is 0.421. The molecule has 3 rings (SSSR count). The minimum absolute atomic E-state index is 0.0577. The van der Waals surface area contributed by atoms with Crippen LogP contribution < -0.4 is 0 Å². The summed E-state index contributed by atoms with van der Waals surface area (Å²) in [6.07, 6.45) is 4.24. The summed E-state index contributed by atoms with van der Waals surface area (Å²) in [6, 6.07) is 6.37. The van der Waals surface area contributed by atoms with Crippen molar-refractivity contribution in [3.63, 3.8) is 0 Å². The molecule has 1 amide bonds. The van der Waals surface area contributed by atoms with E-state index < -0.39 is 0 Å².